The Morgan fingerprint density at radius 2 is 1.75 bits per heavy atom. The minimum Gasteiger partial charge on any atom is -0.333 e. The molecule has 28 heavy (non-hydrogen) atoms. The minimum absolute atomic E-state index is 0.0441. The van der Waals surface area contributed by atoms with Gasteiger partial charge < -0.3 is 15.2 Å². The van der Waals surface area contributed by atoms with Crippen molar-refractivity contribution in [3.63, 3.8) is 0 Å². The smallest absolute Gasteiger partial charge is 0.319 e. The zero-order chi connectivity index (χ0) is 20.0. The molecule has 0 aliphatic carbocycles. The van der Waals surface area contributed by atoms with Crippen LogP contribution in [0.1, 0.15) is 37.7 Å². The van der Waals surface area contributed by atoms with Crippen LogP contribution in [0.5, 0.6) is 0 Å². The van der Waals surface area contributed by atoms with Gasteiger partial charge in [0, 0.05) is 24.6 Å². The lowest BCUT2D eigenvalue weighted by molar-refractivity contribution is 0.251. The van der Waals surface area contributed by atoms with E-state index in [0.29, 0.717) is 6.54 Å². The van der Waals surface area contributed by atoms with Gasteiger partial charge in [0.1, 0.15) is 5.82 Å². The van der Waals surface area contributed by atoms with Crippen molar-refractivity contribution in [1.29, 1.82) is 0 Å². The molecule has 0 radical (unpaired) electrons. The summed E-state index contributed by atoms with van der Waals surface area (Å²) in [7, 11) is 0. The maximum Gasteiger partial charge on any atom is 0.319 e. The van der Waals surface area contributed by atoms with Gasteiger partial charge in [0.25, 0.3) is 0 Å². The number of hydrogen-bond donors (Lipinski definition) is 2. The molecule has 146 valence electrons. The number of benzene rings is 2. The Balaban J connectivity index is 1.57. The summed E-state index contributed by atoms with van der Waals surface area (Å²) in [6.07, 6.45) is 4.65. The van der Waals surface area contributed by atoms with Gasteiger partial charge in [0.05, 0.1) is 6.54 Å². The summed E-state index contributed by atoms with van der Waals surface area (Å²) in [5, 5.41) is 5.89. The zero-order valence-electron chi connectivity index (χ0n) is 16.8. The number of aryl methyl sites for hydroxylation is 2. The van der Waals surface area contributed by atoms with Crippen LogP contribution in [0.2, 0.25) is 0 Å². The molecular weight excluding hydrogens is 348 g/mol. The third-order valence-electron chi connectivity index (χ3n) is 4.68. The molecule has 2 amide bonds. The quantitative estimate of drug-likeness (QED) is 0.652. The normalized spacial score (nSPS) is 11.2. The minimum atomic E-state index is -0.227. The molecule has 0 saturated carbocycles. The van der Waals surface area contributed by atoms with E-state index in [1.54, 1.807) is 6.20 Å². The van der Waals surface area contributed by atoms with Crippen LogP contribution in [0.3, 0.4) is 0 Å². The Morgan fingerprint density at radius 3 is 2.50 bits per heavy atom. The van der Waals surface area contributed by atoms with Gasteiger partial charge in [-0.15, -0.1) is 0 Å². The number of aromatic nitrogens is 2. The number of hydrogen-bond acceptors (Lipinski definition) is 2. The predicted octanol–water partition coefficient (Wildman–Crippen LogP) is 4.75. The molecular formula is C23H28N4O. The van der Waals surface area contributed by atoms with Crippen LogP contribution in [0.25, 0.3) is 0 Å². The van der Waals surface area contributed by atoms with Gasteiger partial charge in [0.2, 0.25) is 0 Å². The Morgan fingerprint density at radius 1 is 1.04 bits per heavy atom. The first-order valence-corrected chi connectivity index (χ1v) is 9.62. The third-order valence-corrected chi connectivity index (χ3v) is 4.68. The number of para-hydroxylation sites is 1. The number of imidazole rings is 1. The van der Waals surface area contributed by atoms with Crippen molar-refractivity contribution in [3.05, 3.63) is 83.9 Å². The third kappa shape index (κ3) is 5.22. The Kier molecular flexibility index (Phi) is 6.14. The molecule has 1 heterocycles. The number of amides is 2. The van der Waals surface area contributed by atoms with E-state index in [-0.39, 0.29) is 11.4 Å². The van der Waals surface area contributed by atoms with Crippen LogP contribution in [0.4, 0.5) is 10.5 Å². The van der Waals surface area contributed by atoms with Crippen molar-refractivity contribution in [3.8, 4) is 0 Å². The summed E-state index contributed by atoms with van der Waals surface area (Å²) in [5.41, 5.74) is 3.18. The van der Waals surface area contributed by atoms with Crippen LogP contribution in [-0.4, -0.2) is 15.6 Å². The number of urea groups is 1. The SMILES string of the molecule is CC(C)(C)c1ccccc1NC(=O)NCc1nccn1CCc1ccccc1. The average molecular weight is 377 g/mol. The maximum atomic E-state index is 12.4. The monoisotopic (exact) mass is 376 g/mol. The van der Waals surface area contributed by atoms with Crippen molar-refractivity contribution < 1.29 is 4.79 Å². The lowest BCUT2D eigenvalue weighted by atomic mass is 9.86. The second-order valence-electron chi connectivity index (χ2n) is 7.88. The van der Waals surface area contributed by atoms with Crippen LogP contribution in [0.15, 0.2) is 67.0 Å². The van der Waals surface area contributed by atoms with Crippen molar-refractivity contribution in [1.82, 2.24) is 14.9 Å². The maximum absolute atomic E-state index is 12.4. The fraction of sp³-hybridized carbons (Fsp3) is 0.304. The molecule has 5 heteroatoms. The predicted molar refractivity (Wildman–Crippen MR) is 113 cm³/mol. The van der Waals surface area contributed by atoms with Crippen molar-refractivity contribution >= 4 is 11.7 Å². The molecule has 3 aromatic rings. The molecule has 0 spiro atoms. The molecule has 0 atom stereocenters. The molecule has 2 aromatic carbocycles. The standard InChI is InChI=1S/C23H28N4O/c1-23(2,3)19-11-7-8-12-20(19)26-22(28)25-17-21-24-14-16-27(21)15-13-18-9-5-4-6-10-18/h4-12,14,16H,13,15,17H2,1-3H3,(H2,25,26,28). The Bertz CT molecular complexity index is 910. The second-order valence-corrected chi connectivity index (χ2v) is 7.88. The summed E-state index contributed by atoms with van der Waals surface area (Å²) in [5.74, 6) is 0.843. The van der Waals surface area contributed by atoms with Crippen molar-refractivity contribution in [2.75, 3.05) is 5.32 Å². The number of carbonyl (C=O) groups is 1. The second kappa shape index (κ2) is 8.74. The lowest BCUT2D eigenvalue weighted by Gasteiger charge is -2.23. The van der Waals surface area contributed by atoms with E-state index in [1.807, 2.05) is 48.7 Å². The molecule has 0 aliphatic heterocycles. The van der Waals surface area contributed by atoms with Gasteiger partial charge in [0.15, 0.2) is 0 Å². The highest BCUT2D eigenvalue weighted by molar-refractivity contribution is 5.90. The summed E-state index contributed by atoms with van der Waals surface area (Å²) < 4.78 is 2.08. The molecule has 0 saturated heterocycles. The van der Waals surface area contributed by atoms with Gasteiger partial charge in [-0.3, -0.25) is 0 Å². The molecule has 0 aliphatic rings. The van der Waals surface area contributed by atoms with E-state index in [1.165, 1.54) is 5.56 Å². The topological polar surface area (TPSA) is 59.0 Å². The van der Waals surface area contributed by atoms with E-state index in [2.05, 4.69) is 53.1 Å². The van der Waals surface area contributed by atoms with Gasteiger partial charge in [-0.2, -0.15) is 0 Å². The van der Waals surface area contributed by atoms with Crippen molar-refractivity contribution in [2.45, 2.75) is 45.7 Å². The molecule has 3 rings (SSSR count). The Labute approximate surface area is 166 Å². The molecule has 2 N–H and O–H groups in total. The van der Waals surface area contributed by atoms with Crippen LogP contribution in [0, 0.1) is 0 Å². The first-order valence-electron chi connectivity index (χ1n) is 9.62. The number of nitrogens with zero attached hydrogens (tertiary/aromatic N) is 2. The number of rotatable bonds is 6. The number of carbonyl (C=O) groups excluding carboxylic acids is 1. The molecule has 0 bridgehead atoms. The highest BCUT2D eigenvalue weighted by Crippen LogP contribution is 2.29. The van der Waals surface area contributed by atoms with Gasteiger partial charge in [-0.05, 0) is 29.0 Å². The fourth-order valence-electron chi connectivity index (χ4n) is 3.18. The lowest BCUT2D eigenvalue weighted by Crippen LogP contribution is -2.30. The van der Waals surface area contributed by atoms with E-state index in [9.17, 15) is 4.79 Å². The summed E-state index contributed by atoms with van der Waals surface area (Å²) in [6, 6.07) is 18.0. The number of anilines is 1. The first kappa shape index (κ1) is 19.7. The molecule has 1 aromatic heterocycles. The van der Waals surface area contributed by atoms with Crippen LogP contribution >= 0.6 is 0 Å². The average Bonchev–Trinajstić information content (AvgIpc) is 3.12. The number of nitrogens with one attached hydrogen (secondary N) is 2. The largest absolute Gasteiger partial charge is 0.333 e. The fourth-order valence-corrected chi connectivity index (χ4v) is 3.18. The van der Waals surface area contributed by atoms with E-state index >= 15 is 0 Å². The van der Waals surface area contributed by atoms with Gasteiger partial charge in [-0.1, -0.05) is 69.3 Å². The first-order chi connectivity index (χ1) is 13.4. The van der Waals surface area contributed by atoms with Crippen LogP contribution in [-0.2, 0) is 24.9 Å². The molecule has 0 fully saturated rings. The summed E-state index contributed by atoms with van der Waals surface area (Å²) >= 11 is 0. The van der Waals surface area contributed by atoms with Crippen LogP contribution < -0.4 is 10.6 Å². The highest BCUT2D eigenvalue weighted by atomic mass is 16.2. The van der Waals surface area contributed by atoms with Gasteiger partial charge >= 0.3 is 6.03 Å². The van der Waals surface area contributed by atoms with E-state index in [4.69, 9.17) is 0 Å². The molecule has 0 unspecified atom stereocenters. The van der Waals surface area contributed by atoms with Gasteiger partial charge in [-0.25, -0.2) is 9.78 Å². The Hall–Kier alpha value is -3.08. The van der Waals surface area contributed by atoms with E-state index in [0.717, 1.165) is 30.0 Å². The summed E-state index contributed by atoms with van der Waals surface area (Å²) in [4.78, 5) is 16.8. The zero-order valence-corrected chi connectivity index (χ0v) is 16.8. The van der Waals surface area contributed by atoms with Crippen molar-refractivity contribution in [2.24, 2.45) is 0 Å². The van der Waals surface area contributed by atoms with E-state index < -0.39 is 0 Å². The highest BCUT2D eigenvalue weighted by Gasteiger charge is 2.18. The molecule has 5 nitrogen and oxygen atoms in total. The summed E-state index contributed by atoms with van der Waals surface area (Å²) in [6.45, 7) is 7.61.